The van der Waals surface area contributed by atoms with E-state index in [0.717, 1.165) is 18.1 Å². The lowest BCUT2D eigenvalue weighted by Gasteiger charge is -2.12. The van der Waals surface area contributed by atoms with Crippen LogP contribution in [0.2, 0.25) is 5.02 Å². The zero-order valence-corrected chi connectivity index (χ0v) is 16.9. The first-order valence-corrected chi connectivity index (χ1v) is 9.41. The topological polar surface area (TPSA) is 111 Å². The lowest BCUT2D eigenvalue weighted by Crippen LogP contribution is -2.35. The third-order valence-corrected chi connectivity index (χ3v) is 4.58. The monoisotopic (exact) mass is 419 g/mol. The number of hydrogen-bond acceptors (Lipinski definition) is 6. The highest BCUT2D eigenvalue weighted by atomic mass is 35.5. The van der Waals surface area contributed by atoms with Crippen molar-refractivity contribution in [3.8, 4) is 0 Å². The van der Waals surface area contributed by atoms with Crippen molar-refractivity contribution in [1.82, 2.24) is 5.32 Å². The van der Waals surface area contributed by atoms with Gasteiger partial charge in [-0.15, -0.1) is 0 Å². The minimum atomic E-state index is -0.815. The molecule has 2 rings (SSSR count). The number of benzene rings is 2. The average molecular weight is 420 g/mol. The zero-order valence-electron chi connectivity index (χ0n) is 16.1. The fourth-order valence-electron chi connectivity index (χ4n) is 2.42. The minimum absolute atomic E-state index is 0.0173. The van der Waals surface area contributed by atoms with Gasteiger partial charge in [0.05, 0.1) is 10.5 Å². The Labute approximate surface area is 173 Å². The first kappa shape index (κ1) is 22.2. The van der Waals surface area contributed by atoms with Gasteiger partial charge in [0, 0.05) is 23.7 Å². The summed E-state index contributed by atoms with van der Waals surface area (Å²) in [5, 5.41) is 17.6. The van der Waals surface area contributed by atoms with Gasteiger partial charge < -0.3 is 15.4 Å². The van der Waals surface area contributed by atoms with Crippen LogP contribution in [0, 0.1) is 10.1 Å². The van der Waals surface area contributed by atoms with Gasteiger partial charge in [-0.05, 0) is 37.1 Å². The zero-order chi connectivity index (χ0) is 21.4. The van der Waals surface area contributed by atoms with Crippen LogP contribution in [0.25, 0.3) is 0 Å². The van der Waals surface area contributed by atoms with Crippen molar-refractivity contribution in [2.24, 2.45) is 0 Å². The number of hydrogen-bond donors (Lipinski definition) is 2. The van der Waals surface area contributed by atoms with Crippen LogP contribution in [0.3, 0.4) is 0 Å². The predicted octanol–water partition coefficient (Wildman–Crippen LogP) is 3.93. The van der Waals surface area contributed by atoms with E-state index in [1.807, 2.05) is 19.9 Å². The van der Waals surface area contributed by atoms with Gasteiger partial charge in [0.1, 0.15) is 5.69 Å². The van der Waals surface area contributed by atoms with Crippen LogP contribution >= 0.6 is 11.6 Å². The SMILES string of the molecule is CC[C@H](C)NC(=O)COC(=O)c1ccc(NCc2ccccc2Cl)c([N+](=O)[O-])c1. The van der Waals surface area contributed by atoms with E-state index in [0.29, 0.717) is 5.02 Å². The Morgan fingerprint density at radius 1 is 1.24 bits per heavy atom. The molecule has 9 heteroatoms. The van der Waals surface area contributed by atoms with Gasteiger partial charge in [0.15, 0.2) is 6.61 Å². The van der Waals surface area contributed by atoms with Gasteiger partial charge in [-0.2, -0.15) is 0 Å². The van der Waals surface area contributed by atoms with Crippen molar-refractivity contribution in [3.63, 3.8) is 0 Å². The summed E-state index contributed by atoms with van der Waals surface area (Å²) < 4.78 is 4.94. The molecule has 0 aromatic heterocycles. The van der Waals surface area contributed by atoms with Crippen LogP contribution < -0.4 is 10.6 Å². The number of esters is 1. The molecular formula is C20H22ClN3O5. The Morgan fingerprint density at radius 2 is 1.97 bits per heavy atom. The summed E-state index contributed by atoms with van der Waals surface area (Å²) in [5.41, 5.74) is 0.715. The molecule has 0 unspecified atom stereocenters. The van der Waals surface area contributed by atoms with Crippen LogP contribution in [0.5, 0.6) is 0 Å². The molecule has 0 heterocycles. The molecule has 154 valence electrons. The highest BCUT2D eigenvalue weighted by Gasteiger charge is 2.19. The van der Waals surface area contributed by atoms with Crippen molar-refractivity contribution in [3.05, 3.63) is 68.7 Å². The van der Waals surface area contributed by atoms with E-state index >= 15 is 0 Å². The van der Waals surface area contributed by atoms with E-state index in [1.165, 1.54) is 12.1 Å². The van der Waals surface area contributed by atoms with Gasteiger partial charge in [-0.25, -0.2) is 4.79 Å². The lowest BCUT2D eigenvalue weighted by atomic mass is 10.1. The van der Waals surface area contributed by atoms with E-state index in [-0.39, 0.29) is 29.5 Å². The molecule has 0 saturated carbocycles. The van der Waals surface area contributed by atoms with Gasteiger partial charge in [-0.1, -0.05) is 36.7 Å². The van der Waals surface area contributed by atoms with Gasteiger partial charge >= 0.3 is 5.97 Å². The molecule has 2 aromatic carbocycles. The molecule has 1 atom stereocenters. The summed E-state index contributed by atoms with van der Waals surface area (Å²) in [6.45, 7) is 3.57. The molecule has 8 nitrogen and oxygen atoms in total. The molecule has 2 N–H and O–H groups in total. The van der Waals surface area contributed by atoms with E-state index < -0.39 is 23.4 Å². The maximum Gasteiger partial charge on any atom is 0.338 e. The second-order valence-corrected chi connectivity index (χ2v) is 6.79. The van der Waals surface area contributed by atoms with Crippen molar-refractivity contribution in [1.29, 1.82) is 0 Å². The number of carbonyl (C=O) groups excluding carboxylic acids is 2. The number of anilines is 1. The number of nitrogens with zero attached hydrogens (tertiary/aromatic N) is 1. The second kappa shape index (κ2) is 10.4. The summed E-state index contributed by atoms with van der Waals surface area (Å²) in [7, 11) is 0. The maximum atomic E-state index is 12.2. The Balaban J connectivity index is 2.06. The molecule has 0 aliphatic rings. The minimum Gasteiger partial charge on any atom is -0.452 e. The number of amides is 1. The fourth-order valence-corrected chi connectivity index (χ4v) is 2.63. The Hall–Kier alpha value is -3.13. The second-order valence-electron chi connectivity index (χ2n) is 6.39. The van der Waals surface area contributed by atoms with Crippen molar-refractivity contribution in [2.75, 3.05) is 11.9 Å². The normalized spacial score (nSPS) is 11.4. The molecule has 0 aliphatic heterocycles. The van der Waals surface area contributed by atoms with Crippen molar-refractivity contribution >= 4 is 34.9 Å². The molecule has 29 heavy (non-hydrogen) atoms. The van der Waals surface area contributed by atoms with Gasteiger partial charge in [0.25, 0.3) is 11.6 Å². The number of halogens is 1. The quantitative estimate of drug-likeness (QED) is 0.362. The molecule has 0 aliphatic carbocycles. The number of nitro groups is 1. The molecule has 2 aromatic rings. The molecule has 1 amide bonds. The van der Waals surface area contributed by atoms with E-state index in [1.54, 1.807) is 18.2 Å². The molecule has 0 spiro atoms. The standard InChI is InChI=1S/C20H22ClN3O5/c1-3-13(2)23-19(25)12-29-20(26)14-8-9-17(18(10-14)24(27)28)22-11-15-6-4-5-7-16(15)21/h4-10,13,22H,3,11-12H2,1-2H3,(H,23,25)/t13-/m0/s1. The first-order chi connectivity index (χ1) is 13.8. The van der Waals surface area contributed by atoms with E-state index in [4.69, 9.17) is 16.3 Å². The summed E-state index contributed by atoms with van der Waals surface area (Å²) in [6, 6.07) is 11.0. The Bertz CT molecular complexity index is 903. The van der Waals surface area contributed by atoms with Gasteiger partial charge in [0.2, 0.25) is 0 Å². The van der Waals surface area contributed by atoms with E-state index in [9.17, 15) is 19.7 Å². The smallest absolute Gasteiger partial charge is 0.338 e. The molecule has 0 radical (unpaired) electrons. The van der Waals surface area contributed by atoms with Gasteiger partial charge in [-0.3, -0.25) is 14.9 Å². The number of ether oxygens (including phenoxy) is 1. The van der Waals surface area contributed by atoms with Crippen molar-refractivity contribution in [2.45, 2.75) is 32.9 Å². The van der Waals surface area contributed by atoms with Crippen LogP contribution in [0.15, 0.2) is 42.5 Å². The third kappa shape index (κ3) is 6.46. The third-order valence-electron chi connectivity index (χ3n) is 4.21. The van der Waals surface area contributed by atoms with Crippen LogP contribution in [0.4, 0.5) is 11.4 Å². The summed E-state index contributed by atoms with van der Waals surface area (Å²) in [4.78, 5) is 34.7. The number of nitrogens with one attached hydrogen (secondary N) is 2. The average Bonchev–Trinajstić information content (AvgIpc) is 2.71. The number of carbonyl (C=O) groups is 2. The Kier molecular flexibility index (Phi) is 7.97. The predicted molar refractivity (Wildman–Crippen MR) is 110 cm³/mol. The molecule has 0 fully saturated rings. The lowest BCUT2D eigenvalue weighted by molar-refractivity contribution is -0.384. The van der Waals surface area contributed by atoms with Crippen LogP contribution in [-0.4, -0.2) is 29.4 Å². The number of rotatable bonds is 9. The highest BCUT2D eigenvalue weighted by molar-refractivity contribution is 6.31. The first-order valence-electron chi connectivity index (χ1n) is 9.04. The number of nitro benzene ring substituents is 1. The molecular weight excluding hydrogens is 398 g/mol. The van der Waals surface area contributed by atoms with Crippen molar-refractivity contribution < 1.29 is 19.2 Å². The fraction of sp³-hybridized carbons (Fsp3) is 0.300. The molecule has 0 saturated heterocycles. The highest BCUT2D eigenvalue weighted by Crippen LogP contribution is 2.27. The maximum absolute atomic E-state index is 12.2. The summed E-state index contributed by atoms with van der Waals surface area (Å²) >= 11 is 6.09. The summed E-state index contributed by atoms with van der Waals surface area (Å²) in [6.07, 6.45) is 0.745. The Morgan fingerprint density at radius 3 is 2.62 bits per heavy atom. The van der Waals surface area contributed by atoms with Crippen LogP contribution in [-0.2, 0) is 16.1 Å². The largest absolute Gasteiger partial charge is 0.452 e. The molecule has 0 bridgehead atoms. The van der Waals surface area contributed by atoms with E-state index in [2.05, 4.69) is 10.6 Å². The van der Waals surface area contributed by atoms with Crippen LogP contribution in [0.1, 0.15) is 36.2 Å². The summed E-state index contributed by atoms with van der Waals surface area (Å²) in [5.74, 6) is -1.25.